The van der Waals surface area contributed by atoms with Crippen LogP contribution >= 0.6 is 22.7 Å². The zero-order valence-corrected chi connectivity index (χ0v) is 13.1. The Morgan fingerprint density at radius 1 is 1.23 bits per heavy atom. The van der Waals surface area contributed by atoms with Gasteiger partial charge in [0.25, 0.3) is 5.91 Å². The number of amides is 1. The lowest BCUT2D eigenvalue weighted by molar-refractivity contribution is 0.0603. The number of hydrogen-bond acceptors (Lipinski definition) is 6. The van der Waals surface area contributed by atoms with Crippen LogP contribution in [0.5, 0.6) is 0 Å². The first-order valence-corrected chi connectivity index (χ1v) is 8.05. The number of furan rings is 1. The van der Waals surface area contributed by atoms with Gasteiger partial charge in [-0.05, 0) is 23.6 Å². The largest absolute Gasteiger partial charge is 0.465 e. The van der Waals surface area contributed by atoms with Crippen molar-refractivity contribution in [3.05, 3.63) is 52.6 Å². The lowest BCUT2D eigenvalue weighted by Gasteiger charge is -2.05. The van der Waals surface area contributed by atoms with Crippen LogP contribution in [-0.4, -0.2) is 19.0 Å². The molecule has 0 spiro atoms. The monoisotopic (exact) mass is 333 g/mol. The average Bonchev–Trinajstić information content (AvgIpc) is 3.26. The molecule has 0 atom stereocenters. The summed E-state index contributed by atoms with van der Waals surface area (Å²) in [6.45, 7) is 0. The van der Waals surface area contributed by atoms with E-state index >= 15 is 0 Å². The maximum Gasteiger partial charge on any atom is 0.341 e. The Hall–Kier alpha value is -2.38. The maximum atomic E-state index is 12.1. The van der Waals surface area contributed by atoms with Crippen molar-refractivity contribution in [1.29, 1.82) is 0 Å². The molecule has 0 fully saturated rings. The van der Waals surface area contributed by atoms with Crippen LogP contribution < -0.4 is 5.32 Å². The number of rotatable bonds is 4. The summed E-state index contributed by atoms with van der Waals surface area (Å²) >= 11 is 2.79. The van der Waals surface area contributed by atoms with Gasteiger partial charge in [-0.2, -0.15) is 0 Å². The summed E-state index contributed by atoms with van der Waals surface area (Å²) < 4.78 is 9.90. The Morgan fingerprint density at radius 2 is 2.09 bits per heavy atom. The second kappa shape index (κ2) is 6.17. The van der Waals surface area contributed by atoms with E-state index in [0.29, 0.717) is 10.6 Å². The second-order valence-corrected chi connectivity index (χ2v) is 6.08. The molecule has 0 saturated heterocycles. The molecule has 0 unspecified atom stereocenters. The second-order valence-electron chi connectivity index (χ2n) is 4.25. The van der Waals surface area contributed by atoms with E-state index in [1.807, 2.05) is 22.9 Å². The van der Waals surface area contributed by atoms with Gasteiger partial charge in [0.2, 0.25) is 0 Å². The minimum absolute atomic E-state index is 0.182. The summed E-state index contributed by atoms with van der Waals surface area (Å²) in [5, 5.41) is 6.90. The molecule has 112 valence electrons. The fourth-order valence-corrected chi connectivity index (χ4v) is 3.71. The van der Waals surface area contributed by atoms with E-state index in [9.17, 15) is 9.59 Å². The van der Waals surface area contributed by atoms with Crippen molar-refractivity contribution >= 4 is 39.6 Å². The molecule has 7 heteroatoms. The topological polar surface area (TPSA) is 68.5 Å². The fourth-order valence-electron chi connectivity index (χ4n) is 1.94. The highest BCUT2D eigenvalue weighted by molar-refractivity contribution is 7.17. The molecule has 3 aromatic heterocycles. The van der Waals surface area contributed by atoms with Gasteiger partial charge >= 0.3 is 5.97 Å². The van der Waals surface area contributed by atoms with Crippen molar-refractivity contribution < 1.29 is 18.7 Å². The summed E-state index contributed by atoms with van der Waals surface area (Å²) in [6.07, 6.45) is 1.42. The minimum Gasteiger partial charge on any atom is -0.465 e. The van der Waals surface area contributed by atoms with Crippen molar-refractivity contribution in [2.75, 3.05) is 12.4 Å². The lowest BCUT2D eigenvalue weighted by atomic mass is 10.1. The van der Waals surface area contributed by atoms with Crippen molar-refractivity contribution in [2.45, 2.75) is 0 Å². The third kappa shape index (κ3) is 2.68. The molecule has 1 amide bonds. The number of carbonyl (C=O) groups is 2. The first kappa shape index (κ1) is 14.6. The Balaban J connectivity index is 1.98. The predicted molar refractivity (Wildman–Crippen MR) is 85.6 cm³/mol. The smallest absolute Gasteiger partial charge is 0.341 e. The molecule has 0 aliphatic heterocycles. The summed E-state index contributed by atoms with van der Waals surface area (Å²) in [5.74, 6) is -0.712. The quantitative estimate of drug-likeness (QED) is 0.730. The Labute approximate surface area is 134 Å². The minimum atomic E-state index is -0.487. The molecule has 0 bridgehead atoms. The number of thiophene rings is 2. The molecule has 0 saturated carbocycles. The van der Waals surface area contributed by atoms with E-state index in [0.717, 1.165) is 10.4 Å². The first-order valence-electron chi connectivity index (χ1n) is 6.29. The van der Waals surface area contributed by atoms with E-state index in [1.54, 1.807) is 12.1 Å². The summed E-state index contributed by atoms with van der Waals surface area (Å²) in [6, 6.07) is 7.00. The molecule has 22 heavy (non-hydrogen) atoms. The number of hydrogen-bond donors (Lipinski definition) is 1. The van der Waals surface area contributed by atoms with E-state index < -0.39 is 11.9 Å². The van der Waals surface area contributed by atoms with Crippen molar-refractivity contribution in [1.82, 2.24) is 0 Å². The molecule has 3 aromatic rings. The zero-order valence-electron chi connectivity index (χ0n) is 11.5. The highest BCUT2D eigenvalue weighted by Gasteiger charge is 2.23. The standard InChI is InChI=1S/C15H11NO4S2/c1-19-15(18)12-9(11-5-3-7-21-11)8-22-14(12)16-13(17)10-4-2-6-20-10/h2-8H,1H3,(H,16,17). The van der Waals surface area contributed by atoms with Gasteiger partial charge in [-0.15, -0.1) is 22.7 Å². The molecule has 0 aliphatic carbocycles. The average molecular weight is 333 g/mol. The van der Waals surface area contributed by atoms with Crippen LogP contribution in [0.2, 0.25) is 0 Å². The molecule has 0 radical (unpaired) electrons. The van der Waals surface area contributed by atoms with Crippen molar-refractivity contribution in [3.8, 4) is 10.4 Å². The van der Waals surface area contributed by atoms with Gasteiger partial charge in [-0.1, -0.05) is 6.07 Å². The number of ether oxygens (including phenoxy) is 1. The van der Waals surface area contributed by atoms with Gasteiger partial charge < -0.3 is 14.5 Å². The Bertz CT molecular complexity index is 788. The molecule has 3 rings (SSSR count). The normalized spacial score (nSPS) is 10.4. The Morgan fingerprint density at radius 3 is 2.73 bits per heavy atom. The summed E-state index contributed by atoms with van der Waals surface area (Å²) in [7, 11) is 1.32. The molecule has 5 nitrogen and oxygen atoms in total. The molecule has 3 heterocycles. The summed E-state index contributed by atoms with van der Waals surface area (Å²) in [4.78, 5) is 25.1. The van der Waals surface area contributed by atoms with Gasteiger partial charge in [0, 0.05) is 15.8 Å². The SMILES string of the molecule is COC(=O)c1c(-c2cccs2)csc1NC(=O)c1ccco1. The highest BCUT2D eigenvalue weighted by Crippen LogP contribution is 2.38. The molecule has 0 aromatic carbocycles. The van der Waals surface area contributed by atoms with Gasteiger partial charge in [-0.3, -0.25) is 4.79 Å². The zero-order chi connectivity index (χ0) is 15.5. The van der Waals surface area contributed by atoms with Crippen molar-refractivity contribution in [2.24, 2.45) is 0 Å². The fraction of sp³-hybridized carbons (Fsp3) is 0.0667. The van der Waals surface area contributed by atoms with Gasteiger partial charge in [-0.25, -0.2) is 4.79 Å². The van der Waals surface area contributed by atoms with Gasteiger partial charge in [0.15, 0.2) is 5.76 Å². The lowest BCUT2D eigenvalue weighted by Crippen LogP contribution is -2.13. The van der Waals surface area contributed by atoms with Crippen LogP contribution in [0.15, 0.2) is 45.7 Å². The van der Waals surface area contributed by atoms with E-state index in [-0.39, 0.29) is 5.76 Å². The van der Waals surface area contributed by atoms with E-state index in [4.69, 9.17) is 9.15 Å². The van der Waals surface area contributed by atoms with Crippen LogP contribution in [-0.2, 0) is 4.74 Å². The molecular formula is C15H11NO4S2. The third-order valence-electron chi connectivity index (χ3n) is 2.94. The van der Waals surface area contributed by atoms with Crippen molar-refractivity contribution in [3.63, 3.8) is 0 Å². The summed E-state index contributed by atoms with van der Waals surface area (Å²) in [5.41, 5.74) is 1.11. The predicted octanol–water partition coefficient (Wildman–Crippen LogP) is 4.11. The Kier molecular flexibility index (Phi) is 4.08. The van der Waals surface area contributed by atoms with Gasteiger partial charge in [0.05, 0.1) is 13.4 Å². The van der Waals surface area contributed by atoms with Crippen LogP contribution in [0.3, 0.4) is 0 Å². The van der Waals surface area contributed by atoms with Crippen LogP contribution in [0.4, 0.5) is 5.00 Å². The van der Waals surface area contributed by atoms with Crippen LogP contribution in [0.25, 0.3) is 10.4 Å². The number of methoxy groups -OCH3 is 1. The molecule has 1 N–H and O–H groups in total. The number of nitrogens with one attached hydrogen (secondary N) is 1. The number of carbonyl (C=O) groups excluding carboxylic acids is 2. The molecule has 0 aliphatic rings. The first-order chi connectivity index (χ1) is 10.7. The number of esters is 1. The third-order valence-corrected chi connectivity index (χ3v) is 4.74. The highest BCUT2D eigenvalue weighted by atomic mass is 32.1. The maximum absolute atomic E-state index is 12.1. The molecular weight excluding hydrogens is 322 g/mol. The van der Waals surface area contributed by atoms with Gasteiger partial charge in [0.1, 0.15) is 10.6 Å². The van der Waals surface area contributed by atoms with E-state index in [1.165, 1.54) is 36.0 Å². The van der Waals surface area contributed by atoms with Crippen LogP contribution in [0.1, 0.15) is 20.9 Å². The van der Waals surface area contributed by atoms with Crippen LogP contribution in [0, 0.1) is 0 Å². The van der Waals surface area contributed by atoms with E-state index in [2.05, 4.69) is 5.32 Å². The number of anilines is 1.